The molecule has 0 radical (unpaired) electrons. The van der Waals surface area contributed by atoms with Crippen LogP contribution in [0.15, 0.2) is 39.7 Å². The highest BCUT2D eigenvalue weighted by atomic mass is 79.9. The number of methoxy groups -OCH3 is 1. The number of hydrogen-bond acceptors (Lipinski definition) is 4. The van der Waals surface area contributed by atoms with Crippen LogP contribution in [0, 0.1) is 13.8 Å². The van der Waals surface area contributed by atoms with Gasteiger partial charge in [-0.2, -0.15) is 8.42 Å². The second-order valence-electron chi connectivity index (χ2n) is 5.96. The molecular weight excluding hydrogens is 392 g/mol. The van der Waals surface area contributed by atoms with Crippen molar-refractivity contribution in [1.82, 2.24) is 0 Å². The zero-order valence-electron chi connectivity index (χ0n) is 14.4. The lowest BCUT2D eigenvalue weighted by atomic mass is 9.98. The van der Waals surface area contributed by atoms with Crippen LogP contribution in [0.25, 0.3) is 0 Å². The van der Waals surface area contributed by atoms with E-state index >= 15 is 0 Å². The Morgan fingerprint density at radius 1 is 1.04 bits per heavy atom. The van der Waals surface area contributed by atoms with Gasteiger partial charge in [0, 0.05) is 4.47 Å². The summed E-state index contributed by atoms with van der Waals surface area (Å²) in [6, 6.07) is 8.47. The van der Waals surface area contributed by atoms with E-state index in [1.54, 1.807) is 18.2 Å². The molecule has 2 aromatic rings. The second-order valence-corrected chi connectivity index (χ2v) is 8.33. The van der Waals surface area contributed by atoms with E-state index < -0.39 is 10.1 Å². The van der Waals surface area contributed by atoms with Gasteiger partial charge in [0.1, 0.15) is 16.4 Å². The van der Waals surface area contributed by atoms with Crippen LogP contribution in [-0.2, 0) is 10.1 Å². The summed E-state index contributed by atoms with van der Waals surface area (Å²) in [5, 5.41) is 0. The average molecular weight is 413 g/mol. The monoisotopic (exact) mass is 412 g/mol. The molecule has 4 nitrogen and oxygen atoms in total. The Morgan fingerprint density at radius 2 is 1.71 bits per heavy atom. The van der Waals surface area contributed by atoms with Gasteiger partial charge in [-0.05, 0) is 60.7 Å². The lowest BCUT2D eigenvalue weighted by molar-refractivity contribution is 0.397. The first-order valence-electron chi connectivity index (χ1n) is 7.55. The van der Waals surface area contributed by atoms with Gasteiger partial charge >= 0.3 is 10.1 Å². The number of halogens is 1. The highest BCUT2D eigenvalue weighted by Gasteiger charge is 2.23. The minimum atomic E-state index is -4.00. The molecule has 0 aliphatic carbocycles. The SMILES string of the molecule is COc1cc(C)c(Br)cc1S(=O)(=O)Oc1ccc(C(C)C)c(C)c1. The van der Waals surface area contributed by atoms with Crippen LogP contribution >= 0.6 is 15.9 Å². The van der Waals surface area contributed by atoms with Crippen LogP contribution in [0.2, 0.25) is 0 Å². The molecule has 0 unspecified atom stereocenters. The number of hydrogen-bond donors (Lipinski definition) is 0. The maximum atomic E-state index is 12.7. The van der Waals surface area contributed by atoms with Gasteiger partial charge in [-0.25, -0.2) is 0 Å². The molecule has 0 spiro atoms. The first kappa shape index (κ1) is 18.8. The molecule has 0 amide bonds. The number of benzene rings is 2. The van der Waals surface area contributed by atoms with Gasteiger partial charge in [0.25, 0.3) is 0 Å². The third-order valence-corrected chi connectivity index (χ3v) is 5.91. The third-order valence-electron chi connectivity index (χ3n) is 3.78. The van der Waals surface area contributed by atoms with Crippen LogP contribution < -0.4 is 8.92 Å². The van der Waals surface area contributed by atoms with E-state index in [1.165, 1.54) is 13.2 Å². The molecule has 0 bridgehead atoms. The zero-order valence-corrected chi connectivity index (χ0v) is 16.8. The van der Waals surface area contributed by atoms with Crippen molar-refractivity contribution >= 4 is 26.0 Å². The molecule has 24 heavy (non-hydrogen) atoms. The summed E-state index contributed by atoms with van der Waals surface area (Å²) in [5.74, 6) is 0.908. The Kier molecular flexibility index (Phi) is 5.60. The fraction of sp³-hybridized carbons (Fsp3) is 0.333. The normalized spacial score (nSPS) is 11.6. The quantitative estimate of drug-likeness (QED) is 0.650. The lowest BCUT2D eigenvalue weighted by Crippen LogP contribution is -2.12. The predicted molar refractivity (Wildman–Crippen MR) is 98.5 cm³/mol. The van der Waals surface area contributed by atoms with E-state index in [0.717, 1.165) is 16.7 Å². The maximum absolute atomic E-state index is 12.7. The molecule has 0 saturated heterocycles. The van der Waals surface area contributed by atoms with Gasteiger partial charge in [0.05, 0.1) is 7.11 Å². The molecule has 0 aliphatic rings. The Bertz CT molecular complexity index is 858. The molecule has 2 rings (SSSR count). The summed E-state index contributed by atoms with van der Waals surface area (Å²) in [4.78, 5) is -0.00642. The van der Waals surface area contributed by atoms with Gasteiger partial charge in [0.15, 0.2) is 0 Å². The standard InChI is InChI=1S/C18H21BrO4S/c1-11(2)15-7-6-14(8-12(15)3)23-24(20,21)18-10-16(19)13(4)9-17(18)22-5/h6-11H,1-5H3. The van der Waals surface area contributed by atoms with Crippen molar-refractivity contribution in [2.75, 3.05) is 7.11 Å². The second kappa shape index (κ2) is 7.15. The van der Waals surface area contributed by atoms with Crippen molar-refractivity contribution in [3.8, 4) is 11.5 Å². The molecule has 0 aliphatic heterocycles. The molecule has 0 aromatic heterocycles. The maximum Gasteiger partial charge on any atom is 0.342 e. The summed E-state index contributed by atoms with van der Waals surface area (Å²) in [6.07, 6.45) is 0. The minimum absolute atomic E-state index is 0.00642. The van der Waals surface area contributed by atoms with Gasteiger partial charge < -0.3 is 8.92 Å². The zero-order chi connectivity index (χ0) is 18.1. The summed E-state index contributed by atoms with van der Waals surface area (Å²) < 4.78 is 36.5. The van der Waals surface area contributed by atoms with Crippen molar-refractivity contribution in [3.63, 3.8) is 0 Å². The van der Waals surface area contributed by atoms with Crippen molar-refractivity contribution in [1.29, 1.82) is 0 Å². The number of rotatable bonds is 5. The average Bonchev–Trinajstić information content (AvgIpc) is 2.48. The van der Waals surface area contributed by atoms with Crippen LogP contribution in [0.4, 0.5) is 0 Å². The Morgan fingerprint density at radius 3 is 2.25 bits per heavy atom. The van der Waals surface area contributed by atoms with Gasteiger partial charge in [0.2, 0.25) is 0 Å². The van der Waals surface area contributed by atoms with E-state index in [9.17, 15) is 8.42 Å². The molecule has 0 N–H and O–H groups in total. The highest BCUT2D eigenvalue weighted by molar-refractivity contribution is 9.10. The van der Waals surface area contributed by atoms with Gasteiger partial charge in [-0.3, -0.25) is 0 Å². The van der Waals surface area contributed by atoms with E-state index in [2.05, 4.69) is 29.8 Å². The first-order valence-corrected chi connectivity index (χ1v) is 9.75. The molecule has 0 atom stereocenters. The van der Waals surface area contributed by atoms with E-state index in [1.807, 2.05) is 19.9 Å². The molecule has 0 heterocycles. The van der Waals surface area contributed by atoms with E-state index in [-0.39, 0.29) is 16.4 Å². The number of ether oxygens (including phenoxy) is 1. The predicted octanol–water partition coefficient (Wildman–Crippen LogP) is 4.97. The number of aryl methyl sites for hydroxylation is 2. The molecule has 0 saturated carbocycles. The van der Waals surface area contributed by atoms with Crippen LogP contribution in [0.3, 0.4) is 0 Å². The van der Waals surface area contributed by atoms with Crippen molar-refractivity contribution < 1.29 is 17.3 Å². The first-order chi connectivity index (χ1) is 11.2. The Labute approximate surface area is 152 Å². The summed E-state index contributed by atoms with van der Waals surface area (Å²) >= 11 is 3.35. The van der Waals surface area contributed by atoms with E-state index in [0.29, 0.717) is 10.4 Å². The highest BCUT2D eigenvalue weighted by Crippen LogP contribution is 2.33. The lowest BCUT2D eigenvalue weighted by Gasteiger charge is -2.14. The topological polar surface area (TPSA) is 52.6 Å². The summed E-state index contributed by atoms with van der Waals surface area (Å²) in [6.45, 7) is 7.98. The van der Waals surface area contributed by atoms with Crippen LogP contribution in [-0.4, -0.2) is 15.5 Å². The van der Waals surface area contributed by atoms with Gasteiger partial charge in [-0.1, -0.05) is 35.8 Å². The molecule has 2 aromatic carbocycles. The van der Waals surface area contributed by atoms with Crippen molar-refractivity contribution in [2.24, 2.45) is 0 Å². The van der Waals surface area contributed by atoms with Crippen molar-refractivity contribution in [3.05, 3.63) is 51.5 Å². The molecular formula is C18H21BrO4S. The van der Waals surface area contributed by atoms with Crippen LogP contribution in [0.1, 0.15) is 36.5 Å². The summed E-state index contributed by atoms with van der Waals surface area (Å²) in [7, 11) is -2.57. The van der Waals surface area contributed by atoms with Crippen LogP contribution in [0.5, 0.6) is 11.5 Å². The summed E-state index contributed by atoms with van der Waals surface area (Å²) in [5.41, 5.74) is 3.04. The van der Waals surface area contributed by atoms with E-state index in [4.69, 9.17) is 8.92 Å². The fourth-order valence-corrected chi connectivity index (χ4v) is 4.10. The van der Waals surface area contributed by atoms with Gasteiger partial charge in [-0.15, -0.1) is 0 Å². The molecule has 130 valence electrons. The third kappa shape index (κ3) is 3.92. The van der Waals surface area contributed by atoms with Crippen molar-refractivity contribution in [2.45, 2.75) is 38.5 Å². The Balaban J connectivity index is 2.42. The Hall–Kier alpha value is -1.53. The fourth-order valence-electron chi connectivity index (χ4n) is 2.51. The molecule has 0 fully saturated rings. The smallest absolute Gasteiger partial charge is 0.342 e. The minimum Gasteiger partial charge on any atom is -0.495 e. The molecule has 6 heteroatoms. The largest absolute Gasteiger partial charge is 0.495 e.